The Balaban J connectivity index is 2.13. The molecule has 1 aliphatic rings. The molecule has 4 nitrogen and oxygen atoms in total. The van der Waals surface area contributed by atoms with Crippen LogP contribution in [-0.2, 0) is 0 Å². The average Bonchev–Trinajstić information content (AvgIpc) is 2.53. The number of nitrogens with zero attached hydrogens (tertiary/aromatic N) is 1. The molecule has 0 saturated heterocycles. The number of imide groups is 1. The van der Waals surface area contributed by atoms with Gasteiger partial charge in [0.1, 0.15) is 0 Å². The van der Waals surface area contributed by atoms with E-state index in [1.54, 1.807) is 18.2 Å². The number of amides is 2. The number of anilines is 1. The molecule has 0 bridgehead atoms. The van der Waals surface area contributed by atoms with Crippen LogP contribution < -0.4 is 5.73 Å². The number of carbonyl (C=O) groups is 2. The van der Waals surface area contributed by atoms with E-state index in [2.05, 4.69) is 13.8 Å². The number of hydrogen-bond donors (Lipinski definition) is 1. The van der Waals surface area contributed by atoms with E-state index in [0.717, 1.165) is 12.8 Å². The Morgan fingerprint density at radius 1 is 1.17 bits per heavy atom. The summed E-state index contributed by atoms with van der Waals surface area (Å²) in [6, 6.07) is 4.87. The summed E-state index contributed by atoms with van der Waals surface area (Å²) in [5.41, 5.74) is 7.06. The quantitative estimate of drug-likeness (QED) is 0.655. The van der Waals surface area contributed by atoms with E-state index in [9.17, 15) is 9.59 Å². The van der Waals surface area contributed by atoms with Crippen LogP contribution in [0.1, 0.15) is 47.4 Å². The lowest BCUT2D eigenvalue weighted by molar-refractivity contribution is 0.0650. The van der Waals surface area contributed by atoms with Crippen LogP contribution >= 0.6 is 0 Å². The first-order chi connectivity index (χ1) is 8.50. The summed E-state index contributed by atoms with van der Waals surface area (Å²) in [4.78, 5) is 25.5. The molecule has 0 spiro atoms. The fourth-order valence-corrected chi connectivity index (χ4v) is 2.17. The highest BCUT2D eigenvalue weighted by Gasteiger charge is 2.34. The zero-order valence-electron chi connectivity index (χ0n) is 10.8. The fourth-order valence-electron chi connectivity index (χ4n) is 2.17. The highest BCUT2D eigenvalue weighted by molar-refractivity contribution is 6.21. The molecule has 0 aliphatic carbocycles. The summed E-state index contributed by atoms with van der Waals surface area (Å²) in [7, 11) is 0. The van der Waals surface area contributed by atoms with Crippen molar-refractivity contribution in [2.45, 2.75) is 26.7 Å². The molecule has 0 saturated carbocycles. The molecule has 2 rings (SSSR count). The van der Waals surface area contributed by atoms with Crippen molar-refractivity contribution in [2.75, 3.05) is 12.3 Å². The third-order valence-corrected chi connectivity index (χ3v) is 3.16. The molecular weight excluding hydrogens is 228 g/mol. The Morgan fingerprint density at radius 3 is 2.50 bits per heavy atom. The van der Waals surface area contributed by atoms with Gasteiger partial charge in [-0.2, -0.15) is 0 Å². The Bertz CT molecular complexity index is 495. The first-order valence-corrected chi connectivity index (χ1v) is 6.26. The SMILES string of the molecule is CC(C)CCCN1C(=O)c2ccc(N)cc2C1=O. The summed E-state index contributed by atoms with van der Waals surface area (Å²) in [6.45, 7) is 4.75. The number of fused-ring (bicyclic) bond motifs is 1. The van der Waals surface area contributed by atoms with Crippen LogP contribution in [0.5, 0.6) is 0 Å². The predicted molar refractivity (Wildman–Crippen MR) is 70.3 cm³/mol. The molecular formula is C14H18N2O2. The lowest BCUT2D eigenvalue weighted by Gasteiger charge is -2.14. The van der Waals surface area contributed by atoms with Crippen LogP contribution in [0.2, 0.25) is 0 Å². The minimum Gasteiger partial charge on any atom is -0.399 e. The molecule has 0 atom stereocenters. The minimum atomic E-state index is -0.217. The maximum atomic E-state index is 12.1. The number of nitrogens with two attached hydrogens (primary N) is 1. The summed E-state index contributed by atoms with van der Waals surface area (Å²) in [5.74, 6) is 0.167. The number of hydrogen-bond acceptors (Lipinski definition) is 3. The van der Waals surface area contributed by atoms with Gasteiger partial charge in [-0.05, 0) is 37.0 Å². The van der Waals surface area contributed by atoms with E-state index >= 15 is 0 Å². The van der Waals surface area contributed by atoms with Gasteiger partial charge < -0.3 is 5.73 Å². The van der Waals surface area contributed by atoms with Gasteiger partial charge in [0.05, 0.1) is 11.1 Å². The van der Waals surface area contributed by atoms with E-state index in [4.69, 9.17) is 5.73 Å². The Labute approximate surface area is 107 Å². The lowest BCUT2D eigenvalue weighted by Crippen LogP contribution is -2.30. The van der Waals surface area contributed by atoms with Crippen molar-refractivity contribution in [3.05, 3.63) is 29.3 Å². The summed E-state index contributed by atoms with van der Waals surface area (Å²) in [5, 5.41) is 0. The van der Waals surface area contributed by atoms with Crippen LogP contribution in [0.4, 0.5) is 5.69 Å². The zero-order chi connectivity index (χ0) is 13.3. The van der Waals surface area contributed by atoms with E-state index in [0.29, 0.717) is 29.3 Å². The molecule has 96 valence electrons. The summed E-state index contributed by atoms with van der Waals surface area (Å²) < 4.78 is 0. The molecule has 2 N–H and O–H groups in total. The van der Waals surface area contributed by atoms with Gasteiger partial charge in [0.2, 0.25) is 0 Å². The molecule has 1 heterocycles. The second-order valence-electron chi connectivity index (χ2n) is 5.10. The fraction of sp³-hybridized carbons (Fsp3) is 0.429. The zero-order valence-corrected chi connectivity index (χ0v) is 10.8. The normalized spacial score (nSPS) is 14.5. The van der Waals surface area contributed by atoms with Crippen LogP contribution in [-0.4, -0.2) is 23.3 Å². The average molecular weight is 246 g/mol. The monoisotopic (exact) mass is 246 g/mol. The van der Waals surface area contributed by atoms with Gasteiger partial charge >= 0.3 is 0 Å². The smallest absolute Gasteiger partial charge is 0.261 e. The van der Waals surface area contributed by atoms with Crippen molar-refractivity contribution in [3.8, 4) is 0 Å². The number of rotatable bonds is 4. The second-order valence-corrected chi connectivity index (χ2v) is 5.10. The second kappa shape index (κ2) is 4.80. The van der Waals surface area contributed by atoms with Crippen LogP contribution in [0.25, 0.3) is 0 Å². The first kappa shape index (κ1) is 12.6. The van der Waals surface area contributed by atoms with Crippen molar-refractivity contribution in [1.29, 1.82) is 0 Å². The van der Waals surface area contributed by atoms with Crippen LogP contribution in [0.15, 0.2) is 18.2 Å². The van der Waals surface area contributed by atoms with Gasteiger partial charge in [-0.25, -0.2) is 0 Å². The Hall–Kier alpha value is -1.84. The van der Waals surface area contributed by atoms with Crippen molar-refractivity contribution < 1.29 is 9.59 Å². The standard InChI is InChI=1S/C14H18N2O2/c1-9(2)4-3-7-16-13(17)11-6-5-10(15)8-12(11)14(16)18/h5-6,8-9H,3-4,7,15H2,1-2H3. The molecule has 4 heteroatoms. The maximum absolute atomic E-state index is 12.1. The third kappa shape index (κ3) is 2.23. The highest BCUT2D eigenvalue weighted by atomic mass is 16.2. The maximum Gasteiger partial charge on any atom is 0.261 e. The van der Waals surface area contributed by atoms with Gasteiger partial charge in [-0.1, -0.05) is 13.8 Å². The molecule has 0 radical (unpaired) electrons. The lowest BCUT2D eigenvalue weighted by atomic mass is 10.1. The molecule has 2 amide bonds. The van der Waals surface area contributed by atoms with Crippen molar-refractivity contribution in [3.63, 3.8) is 0 Å². The molecule has 0 unspecified atom stereocenters. The molecule has 18 heavy (non-hydrogen) atoms. The third-order valence-electron chi connectivity index (χ3n) is 3.16. The molecule has 0 aromatic heterocycles. The first-order valence-electron chi connectivity index (χ1n) is 6.26. The van der Waals surface area contributed by atoms with Crippen molar-refractivity contribution >= 4 is 17.5 Å². The Kier molecular flexibility index (Phi) is 3.36. The van der Waals surface area contributed by atoms with Gasteiger partial charge in [0.15, 0.2) is 0 Å². The number of nitrogen functional groups attached to an aromatic ring is 1. The van der Waals surface area contributed by atoms with Crippen LogP contribution in [0.3, 0.4) is 0 Å². The summed E-state index contributed by atoms with van der Waals surface area (Å²) >= 11 is 0. The van der Waals surface area contributed by atoms with Crippen molar-refractivity contribution in [1.82, 2.24) is 4.90 Å². The highest BCUT2D eigenvalue weighted by Crippen LogP contribution is 2.25. The van der Waals surface area contributed by atoms with E-state index in [1.165, 1.54) is 4.90 Å². The topological polar surface area (TPSA) is 63.4 Å². The van der Waals surface area contributed by atoms with E-state index in [1.807, 2.05) is 0 Å². The Morgan fingerprint density at radius 2 is 1.83 bits per heavy atom. The van der Waals surface area contributed by atoms with Gasteiger partial charge in [-0.3, -0.25) is 14.5 Å². The molecule has 1 aromatic carbocycles. The summed E-state index contributed by atoms with van der Waals surface area (Å²) in [6.07, 6.45) is 1.86. The number of carbonyl (C=O) groups excluding carboxylic acids is 2. The van der Waals surface area contributed by atoms with E-state index in [-0.39, 0.29) is 11.8 Å². The van der Waals surface area contributed by atoms with Gasteiger partial charge in [0, 0.05) is 12.2 Å². The van der Waals surface area contributed by atoms with Crippen LogP contribution in [0, 0.1) is 5.92 Å². The predicted octanol–water partition coefficient (Wildman–Crippen LogP) is 2.30. The molecule has 0 fully saturated rings. The number of benzene rings is 1. The largest absolute Gasteiger partial charge is 0.399 e. The minimum absolute atomic E-state index is 0.196. The molecule has 1 aromatic rings. The molecule has 1 aliphatic heterocycles. The van der Waals surface area contributed by atoms with Gasteiger partial charge in [-0.15, -0.1) is 0 Å². The van der Waals surface area contributed by atoms with E-state index < -0.39 is 0 Å². The van der Waals surface area contributed by atoms with Crippen molar-refractivity contribution in [2.24, 2.45) is 5.92 Å². The van der Waals surface area contributed by atoms with Gasteiger partial charge in [0.25, 0.3) is 11.8 Å².